The summed E-state index contributed by atoms with van der Waals surface area (Å²) in [5, 5.41) is 19.8. The number of ketones is 1. The molecule has 0 unspecified atom stereocenters. The van der Waals surface area contributed by atoms with Gasteiger partial charge < -0.3 is 19.7 Å². The monoisotopic (exact) mass is 508 g/mol. The van der Waals surface area contributed by atoms with Gasteiger partial charge in [-0.3, -0.25) is 14.8 Å². The fourth-order valence-electron chi connectivity index (χ4n) is 3.52. The molecule has 0 saturated heterocycles. The van der Waals surface area contributed by atoms with E-state index in [2.05, 4.69) is 9.98 Å². The molecule has 0 heterocycles. The van der Waals surface area contributed by atoms with Gasteiger partial charge in [0.15, 0.2) is 0 Å². The summed E-state index contributed by atoms with van der Waals surface area (Å²) in [5.41, 5.74) is 2.41. The van der Waals surface area contributed by atoms with Gasteiger partial charge in [-0.2, -0.15) is 0 Å². The van der Waals surface area contributed by atoms with Gasteiger partial charge in [0.05, 0.1) is 13.2 Å². The van der Waals surface area contributed by atoms with E-state index in [0.29, 0.717) is 34.0 Å². The number of nitrogens with zero attached hydrogens (tertiary/aromatic N) is 2. The Balaban J connectivity index is 1.25. The molecular weight excluding hydrogens is 480 g/mol. The minimum absolute atomic E-state index is 0.00961. The number of aliphatic imine (C=N–C) groups is 2. The SMILES string of the molecule is O=C(CCOc1ccccc1N=Cc1ccccc1O)CCOc1ccccc1N=Cc1ccccc1O. The highest BCUT2D eigenvalue weighted by atomic mass is 16.5. The maximum atomic E-state index is 12.4. The number of phenolic OH excluding ortho intramolecular Hbond substituents is 2. The molecule has 2 N–H and O–H groups in total. The quantitative estimate of drug-likeness (QED) is 0.216. The van der Waals surface area contributed by atoms with Crippen LogP contribution >= 0.6 is 0 Å². The van der Waals surface area contributed by atoms with Gasteiger partial charge in [-0.15, -0.1) is 0 Å². The number of phenols is 2. The number of benzene rings is 4. The largest absolute Gasteiger partial charge is 0.507 e. The van der Waals surface area contributed by atoms with Crippen LogP contribution in [0.1, 0.15) is 24.0 Å². The van der Waals surface area contributed by atoms with Crippen molar-refractivity contribution >= 4 is 29.6 Å². The van der Waals surface area contributed by atoms with E-state index in [4.69, 9.17) is 9.47 Å². The first-order valence-corrected chi connectivity index (χ1v) is 12.2. The summed E-state index contributed by atoms with van der Waals surface area (Å²) < 4.78 is 11.6. The van der Waals surface area contributed by atoms with E-state index >= 15 is 0 Å². The number of ether oxygens (including phenoxy) is 2. The van der Waals surface area contributed by atoms with Crippen molar-refractivity contribution in [1.29, 1.82) is 0 Å². The van der Waals surface area contributed by atoms with Crippen molar-refractivity contribution in [2.45, 2.75) is 12.8 Å². The molecule has 0 radical (unpaired) electrons. The first kappa shape index (κ1) is 26.2. The van der Waals surface area contributed by atoms with Gasteiger partial charge in [-0.1, -0.05) is 48.5 Å². The zero-order valence-corrected chi connectivity index (χ0v) is 20.7. The molecule has 0 bridgehead atoms. The third-order valence-electron chi connectivity index (χ3n) is 5.57. The third-order valence-corrected chi connectivity index (χ3v) is 5.57. The number of hydrogen-bond donors (Lipinski definition) is 2. The average molecular weight is 509 g/mol. The average Bonchev–Trinajstić information content (AvgIpc) is 2.93. The molecule has 0 fully saturated rings. The Labute approximate surface area is 221 Å². The Hall–Kier alpha value is -4.91. The molecule has 0 amide bonds. The second-order valence-corrected chi connectivity index (χ2v) is 8.31. The van der Waals surface area contributed by atoms with Crippen LogP contribution < -0.4 is 9.47 Å². The number of aromatic hydroxyl groups is 2. The van der Waals surface area contributed by atoms with E-state index < -0.39 is 0 Å². The summed E-state index contributed by atoms with van der Waals surface area (Å²) in [7, 11) is 0. The standard InChI is InChI=1S/C31H28N2O5/c34-25(17-19-37-30-15-7-3-11-26(30)32-21-23-9-1-5-13-28(23)35)18-20-38-31-16-8-4-12-27(31)33-22-24-10-2-6-14-29(24)36/h1-16,21-22,35-36H,17-20H2. The van der Waals surface area contributed by atoms with E-state index in [0.717, 1.165) is 0 Å². The van der Waals surface area contributed by atoms with Crippen molar-refractivity contribution in [2.75, 3.05) is 13.2 Å². The lowest BCUT2D eigenvalue weighted by Crippen LogP contribution is -2.10. The lowest BCUT2D eigenvalue weighted by Gasteiger charge is -2.10. The van der Waals surface area contributed by atoms with Crippen molar-refractivity contribution in [2.24, 2.45) is 9.98 Å². The molecule has 4 aromatic rings. The maximum absolute atomic E-state index is 12.4. The Morgan fingerprint density at radius 1 is 0.605 bits per heavy atom. The van der Waals surface area contributed by atoms with Gasteiger partial charge in [-0.25, -0.2) is 0 Å². The zero-order chi connectivity index (χ0) is 26.6. The molecule has 0 spiro atoms. The van der Waals surface area contributed by atoms with Crippen LogP contribution in [0.5, 0.6) is 23.0 Å². The molecule has 0 saturated carbocycles. The highest BCUT2D eigenvalue weighted by Gasteiger charge is 2.08. The first-order chi connectivity index (χ1) is 18.6. The Morgan fingerprint density at radius 3 is 1.45 bits per heavy atom. The number of hydrogen-bond acceptors (Lipinski definition) is 7. The first-order valence-electron chi connectivity index (χ1n) is 12.2. The lowest BCUT2D eigenvalue weighted by atomic mass is 10.2. The van der Waals surface area contributed by atoms with E-state index in [-0.39, 0.29) is 43.3 Å². The molecule has 0 aliphatic carbocycles. The number of carbonyl (C=O) groups excluding carboxylic acids is 1. The summed E-state index contributed by atoms with van der Waals surface area (Å²) >= 11 is 0. The highest BCUT2D eigenvalue weighted by Crippen LogP contribution is 2.29. The molecule has 0 aromatic heterocycles. The van der Waals surface area contributed by atoms with Crippen molar-refractivity contribution in [1.82, 2.24) is 0 Å². The molecule has 192 valence electrons. The molecular formula is C31H28N2O5. The predicted octanol–water partition coefficient (Wildman–Crippen LogP) is 6.41. The number of para-hydroxylation sites is 6. The third kappa shape index (κ3) is 7.54. The predicted molar refractivity (Wildman–Crippen MR) is 149 cm³/mol. The Bertz CT molecular complexity index is 1320. The van der Waals surface area contributed by atoms with Gasteiger partial charge in [-0.05, 0) is 48.5 Å². The van der Waals surface area contributed by atoms with Crippen molar-refractivity contribution < 1.29 is 24.5 Å². The van der Waals surface area contributed by atoms with Crippen molar-refractivity contribution in [3.8, 4) is 23.0 Å². The van der Waals surface area contributed by atoms with Crippen LogP contribution in [0.15, 0.2) is 107 Å². The fraction of sp³-hybridized carbons (Fsp3) is 0.129. The summed E-state index contributed by atoms with van der Waals surface area (Å²) in [6.07, 6.45) is 3.61. The second-order valence-electron chi connectivity index (χ2n) is 8.31. The minimum Gasteiger partial charge on any atom is -0.507 e. The van der Waals surface area contributed by atoms with Gasteiger partial charge in [0.1, 0.15) is 40.2 Å². The summed E-state index contributed by atoms with van der Waals surface area (Å²) in [4.78, 5) is 21.3. The smallest absolute Gasteiger partial charge is 0.144 e. The topological polar surface area (TPSA) is 101 Å². The maximum Gasteiger partial charge on any atom is 0.144 e. The minimum atomic E-state index is 0.00961. The van der Waals surface area contributed by atoms with Crippen molar-refractivity contribution in [3.63, 3.8) is 0 Å². The molecule has 4 aromatic carbocycles. The van der Waals surface area contributed by atoms with Gasteiger partial charge in [0.25, 0.3) is 0 Å². The molecule has 7 heteroatoms. The van der Waals surface area contributed by atoms with Crippen LogP contribution in [0.2, 0.25) is 0 Å². The van der Waals surface area contributed by atoms with Crippen LogP contribution in [0.4, 0.5) is 11.4 Å². The van der Waals surface area contributed by atoms with Crippen LogP contribution in [0, 0.1) is 0 Å². The van der Waals surface area contributed by atoms with Crippen LogP contribution in [-0.2, 0) is 4.79 Å². The Morgan fingerprint density at radius 2 is 1.00 bits per heavy atom. The van der Waals surface area contributed by atoms with E-state index in [1.165, 1.54) is 0 Å². The van der Waals surface area contributed by atoms with Crippen LogP contribution in [0.25, 0.3) is 0 Å². The van der Waals surface area contributed by atoms with Gasteiger partial charge in [0, 0.05) is 36.4 Å². The lowest BCUT2D eigenvalue weighted by molar-refractivity contribution is -0.120. The van der Waals surface area contributed by atoms with E-state index in [9.17, 15) is 15.0 Å². The number of Topliss-reactive ketones (excluding diaryl/α,β-unsaturated/α-hetero) is 1. The van der Waals surface area contributed by atoms with E-state index in [1.807, 2.05) is 36.4 Å². The van der Waals surface area contributed by atoms with E-state index in [1.54, 1.807) is 73.1 Å². The van der Waals surface area contributed by atoms with Crippen LogP contribution in [-0.4, -0.2) is 41.6 Å². The highest BCUT2D eigenvalue weighted by molar-refractivity contribution is 5.86. The fourth-order valence-corrected chi connectivity index (χ4v) is 3.52. The second kappa shape index (κ2) is 13.4. The zero-order valence-electron chi connectivity index (χ0n) is 20.7. The normalized spacial score (nSPS) is 11.2. The molecule has 0 aliphatic heterocycles. The van der Waals surface area contributed by atoms with Gasteiger partial charge >= 0.3 is 0 Å². The van der Waals surface area contributed by atoms with Crippen molar-refractivity contribution in [3.05, 3.63) is 108 Å². The summed E-state index contributed by atoms with van der Waals surface area (Å²) in [6.45, 7) is 0.423. The van der Waals surface area contributed by atoms with Gasteiger partial charge in [0.2, 0.25) is 0 Å². The summed E-state index contributed by atoms with van der Waals surface area (Å²) in [5.74, 6) is 1.41. The van der Waals surface area contributed by atoms with Crippen LogP contribution in [0.3, 0.4) is 0 Å². The molecule has 0 aliphatic rings. The molecule has 0 atom stereocenters. The molecule has 4 rings (SSSR count). The number of rotatable bonds is 12. The number of carbonyl (C=O) groups is 1. The summed E-state index contributed by atoms with van der Waals surface area (Å²) in [6, 6.07) is 28.4. The Kier molecular flexibility index (Phi) is 9.23. The molecule has 38 heavy (non-hydrogen) atoms. The molecule has 7 nitrogen and oxygen atoms in total.